The molecule has 1 rings (SSSR count). The number of hydrogen-bond acceptors (Lipinski definition) is 3. The van der Waals surface area contributed by atoms with Crippen LogP contribution in [0.3, 0.4) is 0 Å². The molecule has 1 aromatic rings. The van der Waals surface area contributed by atoms with Gasteiger partial charge >= 0.3 is 0 Å². The molecule has 0 aliphatic heterocycles. The van der Waals surface area contributed by atoms with Crippen LogP contribution >= 0.6 is 0 Å². The smallest absolute Gasteiger partial charge is 0.224 e. The minimum Gasteiger partial charge on any atom is -0.467 e. The molecule has 0 aromatic carbocycles. The standard InChI is InChI=1S/C12H20N2O2/c1-4-13-8-9(2)12(15)14-10(3)11-6-5-7-16-11/h5-7,9-10,13H,4,8H2,1-3H3,(H,14,15). The van der Waals surface area contributed by atoms with Crippen molar-refractivity contribution in [2.24, 2.45) is 5.92 Å². The molecule has 0 fully saturated rings. The molecule has 4 heteroatoms. The van der Waals surface area contributed by atoms with Crippen molar-refractivity contribution in [1.29, 1.82) is 0 Å². The molecule has 0 saturated heterocycles. The Labute approximate surface area is 96.4 Å². The lowest BCUT2D eigenvalue weighted by Gasteiger charge is -2.16. The highest BCUT2D eigenvalue weighted by atomic mass is 16.3. The Bertz CT molecular complexity index is 309. The van der Waals surface area contributed by atoms with Crippen molar-refractivity contribution in [1.82, 2.24) is 10.6 Å². The van der Waals surface area contributed by atoms with E-state index in [0.29, 0.717) is 6.54 Å². The lowest BCUT2D eigenvalue weighted by Crippen LogP contribution is -2.36. The Balaban J connectivity index is 2.39. The summed E-state index contributed by atoms with van der Waals surface area (Å²) >= 11 is 0. The Morgan fingerprint density at radius 3 is 2.81 bits per heavy atom. The zero-order valence-corrected chi connectivity index (χ0v) is 10.1. The van der Waals surface area contributed by atoms with Gasteiger partial charge in [0.05, 0.1) is 12.3 Å². The molecule has 2 unspecified atom stereocenters. The van der Waals surface area contributed by atoms with Crippen LogP contribution in [-0.2, 0) is 4.79 Å². The summed E-state index contributed by atoms with van der Waals surface area (Å²) in [4.78, 5) is 11.8. The molecule has 16 heavy (non-hydrogen) atoms. The summed E-state index contributed by atoms with van der Waals surface area (Å²) in [6, 6.07) is 3.60. The zero-order chi connectivity index (χ0) is 12.0. The Morgan fingerprint density at radius 2 is 2.25 bits per heavy atom. The molecular weight excluding hydrogens is 204 g/mol. The third-order valence-corrected chi connectivity index (χ3v) is 2.48. The molecule has 90 valence electrons. The minimum atomic E-state index is -0.0772. The normalized spacial score (nSPS) is 14.4. The third kappa shape index (κ3) is 3.70. The van der Waals surface area contributed by atoms with Gasteiger partial charge in [0.15, 0.2) is 0 Å². The molecule has 0 bridgehead atoms. The number of hydrogen-bond donors (Lipinski definition) is 2. The summed E-state index contributed by atoms with van der Waals surface area (Å²) in [6.45, 7) is 7.43. The highest BCUT2D eigenvalue weighted by Crippen LogP contribution is 2.12. The zero-order valence-electron chi connectivity index (χ0n) is 10.1. The van der Waals surface area contributed by atoms with Crippen LogP contribution in [0, 0.1) is 5.92 Å². The van der Waals surface area contributed by atoms with E-state index in [1.807, 2.05) is 32.9 Å². The average Bonchev–Trinajstić information content (AvgIpc) is 2.79. The van der Waals surface area contributed by atoms with Gasteiger partial charge in [0, 0.05) is 12.5 Å². The van der Waals surface area contributed by atoms with Crippen LogP contribution in [0.2, 0.25) is 0 Å². The van der Waals surface area contributed by atoms with Gasteiger partial charge in [-0.25, -0.2) is 0 Å². The second kappa shape index (κ2) is 6.33. The number of amides is 1. The number of nitrogens with one attached hydrogen (secondary N) is 2. The average molecular weight is 224 g/mol. The highest BCUT2D eigenvalue weighted by molar-refractivity contribution is 5.78. The summed E-state index contributed by atoms with van der Waals surface area (Å²) in [6.07, 6.45) is 1.61. The molecule has 0 radical (unpaired) electrons. The van der Waals surface area contributed by atoms with Gasteiger partial charge in [0.1, 0.15) is 5.76 Å². The SMILES string of the molecule is CCNCC(C)C(=O)NC(C)c1ccco1. The van der Waals surface area contributed by atoms with E-state index in [4.69, 9.17) is 4.42 Å². The number of rotatable bonds is 6. The van der Waals surface area contributed by atoms with E-state index >= 15 is 0 Å². The first-order valence-electron chi connectivity index (χ1n) is 5.69. The second-order valence-corrected chi connectivity index (χ2v) is 3.95. The molecule has 2 atom stereocenters. The molecule has 0 aliphatic rings. The number of carbonyl (C=O) groups is 1. The molecule has 0 saturated carbocycles. The van der Waals surface area contributed by atoms with Gasteiger partial charge in [-0.2, -0.15) is 0 Å². The minimum absolute atomic E-state index is 0.0302. The van der Waals surface area contributed by atoms with Crippen molar-refractivity contribution < 1.29 is 9.21 Å². The quantitative estimate of drug-likeness (QED) is 0.773. The molecule has 4 nitrogen and oxygen atoms in total. The number of furan rings is 1. The number of carbonyl (C=O) groups excluding carboxylic acids is 1. The van der Waals surface area contributed by atoms with Crippen LogP contribution in [0.25, 0.3) is 0 Å². The van der Waals surface area contributed by atoms with Gasteiger partial charge in [-0.3, -0.25) is 4.79 Å². The summed E-state index contributed by atoms with van der Waals surface area (Å²) in [5.41, 5.74) is 0. The Kier molecular flexibility index (Phi) is 5.05. The van der Waals surface area contributed by atoms with Crippen molar-refractivity contribution in [3.05, 3.63) is 24.2 Å². The summed E-state index contributed by atoms with van der Waals surface area (Å²) in [7, 11) is 0. The van der Waals surface area contributed by atoms with Crippen molar-refractivity contribution in [2.75, 3.05) is 13.1 Å². The first-order valence-corrected chi connectivity index (χ1v) is 5.69. The Morgan fingerprint density at radius 1 is 1.50 bits per heavy atom. The monoisotopic (exact) mass is 224 g/mol. The van der Waals surface area contributed by atoms with Gasteiger partial charge in [-0.15, -0.1) is 0 Å². The van der Waals surface area contributed by atoms with Crippen molar-refractivity contribution in [3.8, 4) is 0 Å². The van der Waals surface area contributed by atoms with Gasteiger partial charge < -0.3 is 15.1 Å². The second-order valence-electron chi connectivity index (χ2n) is 3.95. The van der Waals surface area contributed by atoms with Crippen molar-refractivity contribution in [3.63, 3.8) is 0 Å². The van der Waals surface area contributed by atoms with E-state index in [-0.39, 0.29) is 17.9 Å². The fraction of sp³-hybridized carbons (Fsp3) is 0.583. The van der Waals surface area contributed by atoms with Crippen LogP contribution in [-0.4, -0.2) is 19.0 Å². The van der Waals surface area contributed by atoms with Gasteiger partial charge in [-0.1, -0.05) is 13.8 Å². The molecule has 2 N–H and O–H groups in total. The maximum Gasteiger partial charge on any atom is 0.224 e. The van der Waals surface area contributed by atoms with Gasteiger partial charge in [-0.05, 0) is 25.6 Å². The fourth-order valence-electron chi connectivity index (χ4n) is 1.42. The predicted octanol–water partition coefficient (Wildman–Crippen LogP) is 1.70. The maximum absolute atomic E-state index is 11.8. The summed E-state index contributed by atoms with van der Waals surface area (Å²) in [5, 5.41) is 6.07. The molecule has 0 aliphatic carbocycles. The molecule has 1 aromatic heterocycles. The van der Waals surface area contributed by atoms with E-state index in [2.05, 4.69) is 10.6 Å². The largest absolute Gasteiger partial charge is 0.467 e. The topological polar surface area (TPSA) is 54.3 Å². The molecule has 1 amide bonds. The molecule has 1 heterocycles. The van der Waals surface area contributed by atoms with E-state index in [1.165, 1.54) is 0 Å². The van der Waals surface area contributed by atoms with Crippen LogP contribution in [0.1, 0.15) is 32.6 Å². The van der Waals surface area contributed by atoms with E-state index < -0.39 is 0 Å². The van der Waals surface area contributed by atoms with E-state index in [0.717, 1.165) is 12.3 Å². The van der Waals surface area contributed by atoms with Gasteiger partial charge in [0.25, 0.3) is 0 Å². The lowest BCUT2D eigenvalue weighted by molar-refractivity contribution is -0.125. The third-order valence-electron chi connectivity index (χ3n) is 2.48. The van der Waals surface area contributed by atoms with E-state index in [1.54, 1.807) is 6.26 Å². The first kappa shape index (κ1) is 12.8. The summed E-state index contributed by atoms with van der Waals surface area (Å²) < 4.78 is 5.23. The van der Waals surface area contributed by atoms with Crippen molar-refractivity contribution >= 4 is 5.91 Å². The lowest BCUT2D eigenvalue weighted by atomic mass is 10.1. The van der Waals surface area contributed by atoms with Crippen LogP contribution in [0.5, 0.6) is 0 Å². The van der Waals surface area contributed by atoms with Crippen molar-refractivity contribution in [2.45, 2.75) is 26.8 Å². The molecular formula is C12H20N2O2. The van der Waals surface area contributed by atoms with E-state index in [9.17, 15) is 4.79 Å². The van der Waals surface area contributed by atoms with Crippen LogP contribution in [0.15, 0.2) is 22.8 Å². The Hall–Kier alpha value is -1.29. The van der Waals surface area contributed by atoms with Crippen LogP contribution in [0.4, 0.5) is 0 Å². The maximum atomic E-state index is 11.8. The first-order chi connectivity index (χ1) is 7.65. The fourth-order valence-corrected chi connectivity index (χ4v) is 1.42. The van der Waals surface area contributed by atoms with Gasteiger partial charge in [0.2, 0.25) is 5.91 Å². The highest BCUT2D eigenvalue weighted by Gasteiger charge is 2.16. The predicted molar refractivity (Wildman–Crippen MR) is 63.0 cm³/mol. The molecule has 0 spiro atoms. The summed E-state index contributed by atoms with van der Waals surface area (Å²) in [5.74, 6) is 0.797. The van der Waals surface area contributed by atoms with Crippen LogP contribution < -0.4 is 10.6 Å².